The van der Waals surface area contributed by atoms with E-state index in [1.54, 1.807) is 13.8 Å². The van der Waals surface area contributed by atoms with E-state index in [0.29, 0.717) is 0 Å². The molecule has 0 saturated carbocycles. The molecule has 1 aromatic carbocycles. The monoisotopic (exact) mass is 302 g/mol. The van der Waals surface area contributed by atoms with E-state index in [1.807, 2.05) is 6.07 Å². The van der Waals surface area contributed by atoms with Gasteiger partial charge in [-0.15, -0.1) is 0 Å². The van der Waals surface area contributed by atoms with Gasteiger partial charge < -0.3 is 5.11 Å². The maximum atomic E-state index is 12.1. The van der Waals surface area contributed by atoms with Crippen LogP contribution in [0.3, 0.4) is 0 Å². The minimum absolute atomic E-state index is 0.0319. The van der Waals surface area contributed by atoms with Gasteiger partial charge in [-0.2, -0.15) is 5.26 Å². The predicted octanol–water partition coefficient (Wildman–Crippen LogP) is 1.51. The minimum atomic E-state index is -3.77. The maximum Gasteiger partial charge on any atom is 0.240 e. The lowest BCUT2D eigenvalue weighted by molar-refractivity contribution is 0.227. The van der Waals surface area contributed by atoms with Crippen molar-refractivity contribution < 1.29 is 13.5 Å². The maximum absolute atomic E-state index is 12.1. The molecule has 7 heteroatoms. The lowest BCUT2D eigenvalue weighted by Crippen LogP contribution is -2.41. The number of aliphatic hydroxyl groups excluding tert-OH is 1. The third kappa shape index (κ3) is 3.91. The van der Waals surface area contributed by atoms with Crippen LogP contribution in [0.4, 0.5) is 0 Å². The summed E-state index contributed by atoms with van der Waals surface area (Å²) in [6, 6.07) is 5.16. The Balaban J connectivity index is 3.08. The van der Waals surface area contributed by atoms with E-state index >= 15 is 0 Å². The molecular weight excluding hydrogens is 288 g/mol. The molecule has 104 valence electrons. The van der Waals surface area contributed by atoms with Crippen LogP contribution in [0.15, 0.2) is 23.1 Å². The number of rotatable bonds is 5. The zero-order valence-corrected chi connectivity index (χ0v) is 12.2. The standard InChI is InChI=1S/C12H15ClN2O3S/c1-8(2)12(7-16)15-19(17,18)10-4-3-9(6-14)11(13)5-10/h3-5,8,12,15-16H,7H2,1-2H3/t12-/m1/s1. The molecule has 0 aliphatic rings. The molecule has 0 amide bonds. The fourth-order valence-electron chi connectivity index (χ4n) is 1.41. The number of hydrogen-bond donors (Lipinski definition) is 2. The number of nitrogens with one attached hydrogen (secondary N) is 1. The van der Waals surface area contributed by atoms with Crippen LogP contribution >= 0.6 is 11.6 Å². The van der Waals surface area contributed by atoms with Crippen LogP contribution in [0.5, 0.6) is 0 Å². The van der Waals surface area contributed by atoms with Crippen molar-refractivity contribution >= 4 is 21.6 Å². The molecule has 1 rings (SSSR count). The first-order chi connectivity index (χ1) is 8.81. The zero-order chi connectivity index (χ0) is 14.6. The Bertz CT molecular complexity index is 593. The Labute approximate surface area is 117 Å². The molecule has 1 aromatic rings. The third-order valence-corrected chi connectivity index (χ3v) is 4.48. The summed E-state index contributed by atoms with van der Waals surface area (Å²) in [6.07, 6.45) is 0. The first-order valence-corrected chi connectivity index (χ1v) is 7.50. The molecule has 0 bridgehead atoms. The van der Waals surface area contributed by atoms with Crippen molar-refractivity contribution in [3.05, 3.63) is 28.8 Å². The molecule has 0 fully saturated rings. The van der Waals surface area contributed by atoms with Gasteiger partial charge in [0.15, 0.2) is 0 Å². The second kappa shape index (κ2) is 6.35. The Morgan fingerprint density at radius 1 is 1.47 bits per heavy atom. The normalized spacial score (nSPS) is 13.3. The molecule has 0 aliphatic heterocycles. The first-order valence-electron chi connectivity index (χ1n) is 5.64. The van der Waals surface area contributed by atoms with Crippen LogP contribution in [0.25, 0.3) is 0 Å². The van der Waals surface area contributed by atoms with E-state index < -0.39 is 16.1 Å². The summed E-state index contributed by atoms with van der Waals surface area (Å²) in [6.45, 7) is 3.31. The second-order valence-corrected chi connectivity index (χ2v) is 6.53. The summed E-state index contributed by atoms with van der Waals surface area (Å²) >= 11 is 5.80. The molecular formula is C12H15ClN2O3S. The van der Waals surface area contributed by atoms with Gasteiger partial charge in [-0.25, -0.2) is 13.1 Å². The first kappa shape index (κ1) is 15.9. The predicted molar refractivity (Wildman–Crippen MR) is 72.2 cm³/mol. The smallest absolute Gasteiger partial charge is 0.240 e. The van der Waals surface area contributed by atoms with Crippen LogP contribution in [-0.4, -0.2) is 26.2 Å². The van der Waals surface area contributed by atoms with E-state index in [4.69, 9.17) is 22.0 Å². The summed E-state index contributed by atoms with van der Waals surface area (Å²) in [5.74, 6) is -0.0476. The van der Waals surface area contributed by atoms with Gasteiger partial charge in [-0.3, -0.25) is 0 Å². The third-order valence-electron chi connectivity index (χ3n) is 2.68. The Hall–Kier alpha value is -1.13. The molecule has 0 aromatic heterocycles. The molecule has 0 heterocycles. The number of nitrogens with zero attached hydrogens (tertiary/aromatic N) is 1. The number of aliphatic hydroxyl groups is 1. The van der Waals surface area contributed by atoms with Crippen molar-refractivity contribution in [3.8, 4) is 6.07 Å². The minimum Gasteiger partial charge on any atom is -0.395 e. The van der Waals surface area contributed by atoms with Crippen LogP contribution < -0.4 is 4.72 Å². The van der Waals surface area contributed by atoms with Crippen molar-refractivity contribution in [1.29, 1.82) is 5.26 Å². The van der Waals surface area contributed by atoms with E-state index in [9.17, 15) is 8.42 Å². The summed E-state index contributed by atoms with van der Waals surface area (Å²) in [4.78, 5) is -0.0319. The van der Waals surface area contributed by atoms with Crippen molar-refractivity contribution in [3.63, 3.8) is 0 Å². The summed E-state index contributed by atoms with van der Waals surface area (Å²) in [7, 11) is -3.77. The lowest BCUT2D eigenvalue weighted by Gasteiger charge is -2.19. The Morgan fingerprint density at radius 3 is 2.53 bits per heavy atom. The van der Waals surface area contributed by atoms with Gasteiger partial charge in [0, 0.05) is 6.04 Å². The Morgan fingerprint density at radius 2 is 2.11 bits per heavy atom. The topological polar surface area (TPSA) is 90.2 Å². The van der Waals surface area contributed by atoms with E-state index in [1.165, 1.54) is 18.2 Å². The average molecular weight is 303 g/mol. The number of sulfonamides is 1. The summed E-state index contributed by atoms with van der Waals surface area (Å²) in [5.41, 5.74) is 0.211. The highest BCUT2D eigenvalue weighted by Gasteiger charge is 2.22. The molecule has 0 unspecified atom stereocenters. The van der Waals surface area contributed by atoms with E-state index in [2.05, 4.69) is 4.72 Å². The average Bonchev–Trinajstić information content (AvgIpc) is 2.35. The molecule has 0 spiro atoms. The van der Waals surface area contributed by atoms with Gasteiger partial charge in [0.1, 0.15) is 6.07 Å². The van der Waals surface area contributed by atoms with Crippen molar-refractivity contribution in [1.82, 2.24) is 4.72 Å². The number of nitriles is 1. The van der Waals surface area contributed by atoms with Gasteiger partial charge in [0.05, 0.1) is 22.1 Å². The van der Waals surface area contributed by atoms with E-state index in [-0.39, 0.29) is 28.0 Å². The molecule has 2 N–H and O–H groups in total. The van der Waals surface area contributed by atoms with Gasteiger partial charge in [-0.05, 0) is 24.1 Å². The van der Waals surface area contributed by atoms with Crippen LogP contribution in [0.2, 0.25) is 5.02 Å². The molecule has 1 atom stereocenters. The van der Waals surface area contributed by atoms with Gasteiger partial charge in [0.25, 0.3) is 0 Å². The van der Waals surface area contributed by atoms with Crippen LogP contribution in [-0.2, 0) is 10.0 Å². The molecule has 19 heavy (non-hydrogen) atoms. The quantitative estimate of drug-likeness (QED) is 0.862. The van der Waals surface area contributed by atoms with Crippen LogP contribution in [0, 0.1) is 17.2 Å². The van der Waals surface area contributed by atoms with Gasteiger partial charge in [-0.1, -0.05) is 25.4 Å². The lowest BCUT2D eigenvalue weighted by atomic mass is 10.1. The summed E-state index contributed by atoms with van der Waals surface area (Å²) < 4.78 is 26.6. The highest BCUT2D eigenvalue weighted by atomic mass is 35.5. The number of halogens is 1. The van der Waals surface area contributed by atoms with Crippen molar-refractivity contribution in [2.75, 3.05) is 6.61 Å². The van der Waals surface area contributed by atoms with Gasteiger partial charge in [0.2, 0.25) is 10.0 Å². The molecule has 0 radical (unpaired) electrons. The summed E-state index contributed by atoms with van der Waals surface area (Å²) in [5, 5.41) is 18.0. The number of benzene rings is 1. The fourth-order valence-corrected chi connectivity index (χ4v) is 3.09. The Kier molecular flexibility index (Phi) is 5.32. The molecule has 0 aliphatic carbocycles. The number of hydrogen-bond acceptors (Lipinski definition) is 4. The zero-order valence-electron chi connectivity index (χ0n) is 10.6. The van der Waals surface area contributed by atoms with Crippen molar-refractivity contribution in [2.24, 2.45) is 5.92 Å². The molecule has 0 saturated heterocycles. The largest absolute Gasteiger partial charge is 0.395 e. The van der Waals surface area contributed by atoms with Crippen molar-refractivity contribution in [2.45, 2.75) is 24.8 Å². The highest BCUT2D eigenvalue weighted by molar-refractivity contribution is 7.89. The van der Waals surface area contributed by atoms with Crippen LogP contribution in [0.1, 0.15) is 19.4 Å². The highest BCUT2D eigenvalue weighted by Crippen LogP contribution is 2.20. The van der Waals surface area contributed by atoms with Gasteiger partial charge >= 0.3 is 0 Å². The fraction of sp³-hybridized carbons (Fsp3) is 0.417. The SMILES string of the molecule is CC(C)[C@@H](CO)NS(=O)(=O)c1ccc(C#N)c(Cl)c1. The van der Waals surface area contributed by atoms with E-state index in [0.717, 1.165) is 0 Å². The second-order valence-electron chi connectivity index (χ2n) is 4.41. The molecule has 5 nitrogen and oxygen atoms in total.